The number of aliphatic hydroxyl groups excluding tert-OH is 1. The first kappa shape index (κ1) is 15.4. The summed E-state index contributed by atoms with van der Waals surface area (Å²) in [7, 11) is 0. The Morgan fingerprint density at radius 1 is 1.36 bits per heavy atom. The Balaban J connectivity index is 1.46. The Labute approximate surface area is 134 Å². The van der Waals surface area contributed by atoms with Crippen molar-refractivity contribution >= 4 is 11.8 Å². The van der Waals surface area contributed by atoms with Crippen LogP contribution in [0, 0.1) is 19.9 Å². The number of thioether (sulfide) groups is 1. The molecule has 2 aromatic rings. The summed E-state index contributed by atoms with van der Waals surface area (Å²) in [6.45, 7) is 4.23. The van der Waals surface area contributed by atoms with Crippen LogP contribution in [0.3, 0.4) is 0 Å². The summed E-state index contributed by atoms with van der Waals surface area (Å²) >= 11 is 1.47. The van der Waals surface area contributed by atoms with Gasteiger partial charge in [0.2, 0.25) is 0 Å². The molecule has 1 saturated carbocycles. The van der Waals surface area contributed by atoms with E-state index >= 15 is 0 Å². The van der Waals surface area contributed by atoms with Crippen molar-refractivity contribution in [2.75, 3.05) is 12.4 Å². The van der Waals surface area contributed by atoms with E-state index in [4.69, 9.17) is 4.74 Å². The molecule has 1 aromatic heterocycles. The second kappa shape index (κ2) is 6.71. The molecule has 1 aliphatic carbocycles. The van der Waals surface area contributed by atoms with Crippen LogP contribution in [0.2, 0.25) is 0 Å². The fraction of sp³-hybridized carbons (Fsp3) is 0.500. The number of nitrogens with zero attached hydrogens (tertiary/aromatic N) is 2. The summed E-state index contributed by atoms with van der Waals surface area (Å²) in [5.74, 6) is 2.89. The highest BCUT2D eigenvalue weighted by Gasteiger charge is 2.27. The standard InChI is InChI=1S/C16H20N3O2S/c1-10-4-3-5-11(2)14(10)21-8-13(20)9-22-16-17-15(18-19-16)12-6-7-12/h4-5,12-13,20H,6-9H2,1-2H3,(H,17,18,19). The van der Waals surface area contributed by atoms with Crippen molar-refractivity contribution in [2.45, 2.75) is 43.9 Å². The van der Waals surface area contributed by atoms with E-state index in [0.717, 1.165) is 27.9 Å². The van der Waals surface area contributed by atoms with Gasteiger partial charge in [0, 0.05) is 11.7 Å². The van der Waals surface area contributed by atoms with Gasteiger partial charge in [-0.15, -0.1) is 10.2 Å². The average Bonchev–Trinajstić information content (AvgIpc) is 3.23. The second-order valence-electron chi connectivity index (χ2n) is 5.72. The fourth-order valence-electron chi connectivity index (χ4n) is 2.23. The number of aromatic nitrogens is 3. The number of H-pyrrole nitrogens is 1. The lowest BCUT2D eigenvalue weighted by atomic mass is 10.1. The third kappa shape index (κ3) is 3.81. The molecule has 1 aromatic carbocycles. The zero-order valence-corrected chi connectivity index (χ0v) is 13.6. The van der Waals surface area contributed by atoms with Gasteiger partial charge in [0.15, 0.2) is 5.16 Å². The Morgan fingerprint density at radius 3 is 2.77 bits per heavy atom. The van der Waals surface area contributed by atoms with E-state index in [-0.39, 0.29) is 6.61 Å². The van der Waals surface area contributed by atoms with Crippen molar-refractivity contribution in [2.24, 2.45) is 0 Å². The molecular formula is C16H20N3O2S. The molecule has 1 radical (unpaired) electrons. The highest BCUT2D eigenvalue weighted by Crippen LogP contribution is 2.38. The summed E-state index contributed by atoms with van der Waals surface area (Å²) in [6, 6.07) is 6.83. The van der Waals surface area contributed by atoms with Gasteiger partial charge in [-0.05, 0) is 56.0 Å². The Morgan fingerprint density at radius 2 is 2.09 bits per heavy atom. The zero-order valence-electron chi connectivity index (χ0n) is 12.8. The highest BCUT2D eigenvalue weighted by molar-refractivity contribution is 7.99. The number of rotatable bonds is 7. The number of hydrogen-bond acceptors (Lipinski definition) is 5. The molecule has 1 fully saturated rings. The van der Waals surface area contributed by atoms with Crippen molar-refractivity contribution in [3.05, 3.63) is 35.2 Å². The van der Waals surface area contributed by atoms with Crippen molar-refractivity contribution in [1.29, 1.82) is 0 Å². The molecule has 1 aliphatic rings. The number of aryl methyl sites for hydroxylation is 2. The number of benzene rings is 1. The first-order valence-electron chi connectivity index (χ1n) is 7.47. The van der Waals surface area contributed by atoms with Crippen LogP contribution < -0.4 is 4.74 Å². The van der Waals surface area contributed by atoms with Gasteiger partial charge in [-0.2, -0.15) is 0 Å². The van der Waals surface area contributed by atoms with E-state index < -0.39 is 6.10 Å². The fourth-order valence-corrected chi connectivity index (χ4v) is 2.95. The summed E-state index contributed by atoms with van der Waals surface area (Å²) in [6.07, 6.45) is 1.84. The maximum atomic E-state index is 10.1. The number of nitrogens with one attached hydrogen (secondary N) is 1. The highest BCUT2D eigenvalue weighted by atomic mass is 32.2. The van der Waals surface area contributed by atoms with Crippen LogP contribution in [-0.4, -0.2) is 38.8 Å². The van der Waals surface area contributed by atoms with Gasteiger partial charge in [-0.1, -0.05) is 11.8 Å². The lowest BCUT2D eigenvalue weighted by Gasteiger charge is -2.14. The minimum Gasteiger partial charge on any atom is -0.490 e. The van der Waals surface area contributed by atoms with E-state index in [1.807, 2.05) is 26.0 Å². The molecule has 2 N–H and O–H groups in total. The topological polar surface area (TPSA) is 71.0 Å². The predicted octanol–water partition coefficient (Wildman–Crippen LogP) is 2.63. The molecule has 0 aliphatic heterocycles. The summed E-state index contributed by atoms with van der Waals surface area (Å²) < 4.78 is 5.74. The maximum absolute atomic E-state index is 10.1. The quantitative estimate of drug-likeness (QED) is 0.768. The van der Waals surface area contributed by atoms with E-state index in [9.17, 15) is 5.11 Å². The molecule has 1 atom stereocenters. The maximum Gasteiger partial charge on any atom is 0.188 e. The molecule has 5 nitrogen and oxygen atoms in total. The monoisotopic (exact) mass is 318 g/mol. The lowest BCUT2D eigenvalue weighted by molar-refractivity contribution is 0.125. The van der Waals surface area contributed by atoms with E-state index in [1.165, 1.54) is 24.6 Å². The minimum absolute atomic E-state index is 0.266. The van der Waals surface area contributed by atoms with Gasteiger partial charge in [0.25, 0.3) is 0 Å². The molecule has 1 heterocycles. The van der Waals surface area contributed by atoms with Gasteiger partial charge in [0.05, 0.1) is 6.10 Å². The third-order valence-corrected chi connectivity index (χ3v) is 4.60. The molecule has 1 unspecified atom stereocenters. The van der Waals surface area contributed by atoms with E-state index in [2.05, 4.69) is 21.2 Å². The third-order valence-electron chi connectivity index (χ3n) is 3.60. The smallest absolute Gasteiger partial charge is 0.188 e. The molecule has 0 bridgehead atoms. The van der Waals surface area contributed by atoms with Gasteiger partial charge in [-0.3, -0.25) is 0 Å². The van der Waals surface area contributed by atoms with Crippen molar-refractivity contribution in [3.8, 4) is 5.75 Å². The van der Waals surface area contributed by atoms with Crippen molar-refractivity contribution in [3.63, 3.8) is 0 Å². The second-order valence-corrected chi connectivity index (χ2v) is 6.72. The number of hydrogen-bond donors (Lipinski definition) is 2. The molecular weight excluding hydrogens is 298 g/mol. The van der Waals surface area contributed by atoms with Crippen LogP contribution in [0.1, 0.15) is 35.7 Å². The molecule has 0 spiro atoms. The van der Waals surface area contributed by atoms with Crippen LogP contribution in [0.5, 0.6) is 5.75 Å². The van der Waals surface area contributed by atoms with Crippen molar-refractivity contribution in [1.82, 2.24) is 15.2 Å². The number of aliphatic hydroxyl groups is 1. The van der Waals surface area contributed by atoms with Gasteiger partial charge >= 0.3 is 0 Å². The van der Waals surface area contributed by atoms with Crippen LogP contribution in [0.15, 0.2) is 17.3 Å². The summed E-state index contributed by atoms with van der Waals surface area (Å²) in [5.41, 5.74) is 2.06. The first-order valence-corrected chi connectivity index (χ1v) is 8.45. The zero-order chi connectivity index (χ0) is 15.5. The molecule has 0 saturated heterocycles. The molecule has 3 rings (SSSR count). The average molecular weight is 318 g/mol. The number of ether oxygens (including phenoxy) is 1. The molecule has 6 heteroatoms. The normalized spacial score (nSPS) is 15.8. The predicted molar refractivity (Wildman–Crippen MR) is 85.3 cm³/mol. The van der Waals surface area contributed by atoms with Gasteiger partial charge < -0.3 is 14.8 Å². The molecule has 22 heavy (non-hydrogen) atoms. The first-order chi connectivity index (χ1) is 10.6. The van der Waals surface area contributed by atoms with Crippen LogP contribution in [-0.2, 0) is 0 Å². The molecule has 0 amide bonds. The Bertz CT molecular complexity index is 620. The minimum atomic E-state index is -0.553. The van der Waals surface area contributed by atoms with E-state index in [0.29, 0.717) is 11.7 Å². The summed E-state index contributed by atoms with van der Waals surface area (Å²) in [5, 5.41) is 19.1. The SMILES string of the molecule is Cc1c[c]cc(C)c1OCC(O)CSc1nnc(C2CC2)[nH]1. The Hall–Kier alpha value is -1.53. The lowest BCUT2D eigenvalue weighted by Crippen LogP contribution is -2.20. The van der Waals surface area contributed by atoms with E-state index in [1.54, 1.807) is 0 Å². The summed E-state index contributed by atoms with van der Waals surface area (Å²) in [4.78, 5) is 3.21. The Kier molecular flexibility index (Phi) is 4.69. The number of aromatic amines is 1. The van der Waals surface area contributed by atoms with Crippen molar-refractivity contribution < 1.29 is 9.84 Å². The van der Waals surface area contributed by atoms with Crippen LogP contribution in [0.4, 0.5) is 0 Å². The van der Waals surface area contributed by atoms with Gasteiger partial charge in [0.1, 0.15) is 18.2 Å². The van der Waals surface area contributed by atoms with Crippen LogP contribution >= 0.6 is 11.8 Å². The molecule has 117 valence electrons. The van der Waals surface area contributed by atoms with Gasteiger partial charge in [-0.25, -0.2) is 0 Å². The largest absolute Gasteiger partial charge is 0.490 e. The van der Waals surface area contributed by atoms with Crippen LogP contribution in [0.25, 0.3) is 0 Å².